The second kappa shape index (κ2) is 6.15. The molecule has 1 saturated carbocycles. The third-order valence-corrected chi connectivity index (χ3v) is 4.63. The number of aromatic nitrogens is 1. The van der Waals surface area contributed by atoms with E-state index in [-0.39, 0.29) is 18.5 Å². The maximum Gasteiger partial charge on any atom is 0.309 e. The lowest BCUT2D eigenvalue weighted by Crippen LogP contribution is -2.06. The lowest BCUT2D eigenvalue weighted by Gasteiger charge is -2.06. The fourth-order valence-electron chi connectivity index (χ4n) is 1.93. The van der Waals surface area contributed by atoms with E-state index in [0.717, 1.165) is 39.3 Å². The molecule has 4 nitrogen and oxygen atoms in total. The second-order valence-corrected chi connectivity index (χ2v) is 6.64. The van der Waals surface area contributed by atoms with Crippen LogP contribution in [0.4, 0.5) is 0 Å². The normalized spacial score (nSPS) is 14.0. The van der Waals surface area contributed by atoms with E-state index in [1.807, 2.05) is 23.6 Å². The summed E-state index contributed by atoms with van der Waals surface area (Å²) in [6.07, 6.45) is 1.91. The molecule has 3 rings (SSSR count). The highest BCUT2D eigenvalue weighted by Gasteiger charge is 2.31. The summed E-state index contributed by atoms with van der Waals surface area (Å²) in [6.45, 7) is 0.238. The van der Waals surface area contributed by atoms with Crippen LogP contribution < -0.4 is 4.74 Å². The Balaban J connectivity index is 1.74. The van der Waals surface area contributed by atoms with Crippen LogP contribution in [-0.4, -0.2) is 18.1 Å². The number of rotatable bonds is 5. The van der Waals surface area contributed by atoms with Gasteiger partial charge in [0, 0.05) is 9.85 Å². The largest absolute Gasteiger partial charge is 0.496 e. The SMILES string of the molecule is COc1ccc(Br)cc1-c1nc(COC(=O)C2CC2)cs1. The molecular weight excluding hydrogens is 354 g/mol. The van der Waals surface area contributed by atoms with E-state index in [9.17, 15) is 4.79 Å². The number of halogens is 1. The third kappa shape index (κ3) is 3.44. The van der Waals surface area contributed by atoms with Gasteiger partial charge in [0.15, 0.2) is 0 Å². The standard InChI is InChI=1S/C15H14BrNO3S/c1-19-13-5-4-10(16)6-12(13)14-17-11(8-21-14)7-20-15(18)9-2-3-9/h4-6,8-9H,2-3,7H2,1H3. The molecule has 1 aliphatic carbocycles. The van der Waals surface area contributed by atoms with E-state index in [2.05, 4.69) is 20.9 Å². The predicted molar refractivity (Wildman–Crippen MR) is 84.3 cm³/mol. The first-order valence-electron chi connectivity index (χ1n) is 6.62. The third-order valence-electron chi connectivity index (χ3n) is 3.22. The quantitative estimate of drug-likeness (QED) is 0.748. The zero-order valence-electron chi connectivity index (χ0n) is 11.5. The van der Waals surface area contributed by atoms with Crippen molar-refractivity contribution in [1.29, 1.82) is 0 Å². The van der Waals surface area contributed by atoms with E-state index >= 15 is 0 Å². The molecule has 1 aliphatic rings. The van der Waals surface area contributed by atoms with Crippen LogP contribution in [0.3, 0.4) is 0 Å². The molecule has 0 aliphatic heterocycles. The minimum absolute atomic E-state index is 0.107. The molecule has 0 saturated heterocycles. The van der Waals surface area contributed by atoms with Gasteiger partial charge in [-0.1, -0.05) is 15.9 Å². The lowest BCUT2D eigenvalue weighted by atomic mass is 10.2. The topological polar surface area (TPSA) is 48.4 Å². The summed E-state index contributed by atoms with van der Waals surface area (Å²) >= 11 is 4.97. The van der Waals surface area contributed by atoms with Gasteiger partial charge < -0.3 is 9.47 Å². The molecule has 1 heterocycles. The number of methoxy groups -OCH3 is 1. The Kier molecular flexibility index (Phi) is 4.26. The monoisotopic (exact) mass is 367 g/mol. The van der Waals surface area contributed by atoms with Crippen LogP contribution in [0.1, 0.15) is 18.5 Å². The Morgan fingerprint density at radius 1 is 1.48 bits per heavy atom. The van der Waals surface area contributed by atoms with Crippen LogP contribution in [0.25, 0.3) is 10.6 Å². The van der Waals surface area contributed by atoms with Crippen LogP contribution >= 0.6 is 27.3 Å². The second-order valence-electron chi connectivity index (χ2n) is 4.87. The van der Waals surface area contributed by atoms with Gasteiger partial charge in [-0.3, -0.25) is 4.79 Å². The van der Waals surface area contributed by atoms with Crippen molar-refractivity contribution in [3.63, 3.8) is 0 Å². The Morgan fingerprint density at radius 2 is 2.29 bits per heavy atom. The summed E-state index contributed by atoms with van der Waals surface area (Å²) < 4.78 is 11.6. The maximum atomic E-state index is 11.5. The van der Waals surface area contributed by atoms with Crippen molar-refractivity contribution in [2.45, 2.75) is 19.4 Å². The average molecular weight is 368 g/mol. The molecule has 21 heavy (non-hydrogen) atoms. The zero-order chi connectivity index (χ0) is 14.8. The summed E-state index contributed by atoms with van der Waals surface area (Å²) in [5.74, 6) is 0.784. The first-order chi connectivity index (χ1) is 10.2. The Bertz CT molecular complexity index is 667. The summed E-state index contributed by atoms with van der Waals surface area (Å²) in [5, 5.41) is 2.76. The number of thiazole rings is 1. The van der Waals surface area contributed by atoms with E-state index in [1.165, 1.54) is 11.3 Å². The molecule has 0 amide bonds. The molecule has 0 unspecified atom stereocenters. The summed E-state index contributed by atoms with van der Waals surface area (Å²) in [5.41, 5.74) is 1.70. The Labute approximate surface area is 135 Å². The molecule has 0 spiro atoms. The molecule has 110 valence electrons. The van der Waals surface area contributed by atoms with Crippen LogP contribution in [-0.2, 0) is 16.1 Å². The van der Waals surface area contributed by atoms with Crippen molar-refractivity contribution in [3.8, 4) is 16.3 Å². The highest BCUT2D eigenvalue weighted by molar-refractivity contribution is 9.10. The molecule has 6 heteroatoms. The highest BCUT2D eigenvalue weighted by atomic mass is 79.9. The average Bonchev–Trinajstić information content (AvgIpc) is 3.23. The number of carbonyl (C=O) groups is 1. The van der Waals surface area contributed by atoms with Crippen LogP contribution in [0.15, 0.2) is 28.1 Å². The van der Waals surface area contributed by atoms with Gasteiger partial charge >= 0.3 is 5.97 Å². The number of benzene rings is 1. The van der Waals surface area contributed by atoms with Crippen LogP contribution in [0.5, 0.6) is 5.75 Å². The fourth-order valence-corrected chi connectivity index (χ4v) is 3.11. The molecule has 2 aromatic rings. The Hall–Kier alpha value is -1.40. The summed E-state index contributed by atoms with van der Waals surface area (Å²) in [4.78, 5) is 16.1. The lowest BCUT2D eigenvalue weighted by molar-refractivity contribution is -0.146. The minimum atomic E-state index is -0.107. The molecule has 0 radical (unpaired) electrons. The molecule has 0 bridgehead atoms. The number of ether oxygens (including phenoxy) is 2. The van der Waals surface area contributed by atoms with Crippen molar-refractivity contribution in [1.82, 2.24) is 4.98 Å². The van der Waals surface area contributed by atoms with Gasteiger partial charge in [0.25, 0.3) is 0 Å². The molecule has 1 aromatic carbocycles. The number of esters is 1. The van der Waals surface area contributed by atoms with Crippen LogP contribution in [0.2, 0.25) is 0 Å². The number of nitrogens with zero attached hydrogens (tertiary/aromatic N) is 1. The fraction of sp³-hybridized carbons (Fsp3) is 0.333. The van der Waals surface area contributed by atoms with E-state index in [4.69, 9.17) is 9.47 Å². The molecular formula is C15H14BrNO3S. The maximum absolute atomic E-state index is 11.5. The number of hydrogen-bond acceptors (Lipinski definition) is 5. The van der Waals surface area contributed by atoms with Crippen molar-refractivity contribution in [2.24, 2.45) is 5.92 Å². The van der Waals surface area contributed by atoms with Gasteiger partial charge in [0.1, 0.15) is 17.4 Å². The van der Waals surface area contributed by atoms with Crippen molar-refractivity contribution >= 4 is 33.2 Å². The highest BCUT2D eigenvalue weighted by Crippen LogP contribution is 2.35. The van der Waals surface area contributed by atoms with E-state index in [0.29, 0.717) is 0 Å². The van der Waals surface area contributed by atoms with Gasteiger partial charge in [0.2, 0.25) is 0 Å². The molecule has 0 N–H and O–H groups in total. The number of hydrogen-bond donors (Lipinski definition) is 0. The van der Waals surface area contributed by atoms with Crippen LogP contribution in [0, 0.1) is 5.92 Å². The van der Waals surface area contributed by atoms with Crippen molar-refractivity contribution in [2.75, 3.05) is 7.11 Å². The van der Waals surface area contributed by atoms with E-state index < -0.39 is 0 Å². The van der Waals surface area contributed by atoms with Crippen molar-refractivity contribution in [3.05, 3.63) is 33.7 Å². The molecule has 0 atom stereocenters. The summed E-state index contributed by atoms with van der Waals surface area (Å²) in [6, 6.07) is 5.79. The smallest absolute Gasteiger partial charge is 0.309 e. The molecule has 1 fully saturated rings. The van der Waals surface area contributed by atoms with Gasteiger partial charge in [-0.05, 0) is 31.0 Å². The van der Waals surface area contributed by atoms with Gasteiger partial charge in [-0.25, -0.2) is 4.98 Å². The first-order valence-corrected chi connectivity index (χ1v) is 8.29. The van der Waals surface area contributed by atoms with Gasteiger partial charge in [-0.2, -0.15) is 0 Å². The van der Waals surface area contributed by atoms with E-state index in [1.54, 1.807) is 7.11 Å². The molecule has 1 aromatic heterocycles. The predicted octanol–water partition coefficient (Wildman–Crippen LogP) is 4.03. The summed E-state index contributed by atoms with van der Waals surface area (Å²) in [7, 11) is 1.64. The minimum Gasteiger partial charge on any atom is -0.496 e. The van der Waals surface area contributed by atoms with Gasteiger partial charge in [-0.15, -0.1) is 11.3 Å². The first kappa shape index (κ1) is 14.5. The number of carbonyl (C=O) groups excluding carboxylic acids is 1. The van der Waals surface area contributed by atoms with Crippen molar-refractivity contribution < 1.29 is 14.3 Å². The zero-order valence-corrected chi connectivity index (χ0v) is 13.9. The van der Waals surface area contributed by atoms with Gasteiger partial charge in [0.05, 0.1) is 24.3 Å². The Morgan fingerprint density at radius 3 is 3.00 bits per heavy atom.